The van der Waals surface area contributed by atoms with Gasteiger partial charge in [0.05, 0.1) is 5.56 Å². The maximum absolute atomic E-state index is 10.9. The zero-order valence-electron chi connectivity index (χ0n) is 8.25. The van der Waals surface area contributed by atoms with Crippen LogP contribution in [0.5, 0.6) is 0 Å². The molecule has 2 aromatic heterocycles. The van der Waals surface area contributed by atoms with Gasteiger partial charge in [0.2, 0.25) is 5.90 Å². The van der Waals surface area contributed by atoms with Gasteiger partial charge in [-0.05, 0) is 12.1 Å². The molecule has 0 spiro atoms. The van der Waals surface area contributed by atoms with E-state index in [1.807, 2.05) is 28.9 Å². The number of aromatic nitrogens is 2. The largest absolute Gasteiger partial charge is 0.466 e. The Balaban J connectivity index is 2.02. The van der Waals surface area contributed by atoms with Crippen molar-refractivity contribution in [1.82, 2.24) is 14.8 Å². The molecule has 1 aliphatic rings. The van der Waals surface area contributed by atoms with Gasteiger partial charge in [0, 0.05) is 18.6 Å². The Hall–Kier alpha value is -2.37. The number of nitrogens with one attached hydrogen (secondary N) is 1. The molecule has 0 fully saturated rings. The summed E-state index contributed by atoms with van der Waals surface area (Å²) in [6.45, 7) is 0.000793. The molecule has 0 atom stereocenters. The van der Waals surface area contributed by atoms with Crippen molar-refractivity contribution in [2.45, 2.75) is 0 Å². The molecule has 1 amide bonds. The molecule has 0 bridgehead atoms. The summed E-state index contributed by atoms with van der Waals surface area (Å²) in [5, 5.41) is 3.83. The lowest BCUT2D eigenvalue weighted by molar-refractivity contribution is -0.124. The molecule has 0 aromatic carbocycles. The van der Waals surface area contributed by atoms with Gasteiger partial charge < -0.3 is 9.14 Å². The van der Waals surface area contributed by atoms with Crippen LogP contribution in [-0.2, 0) is 9.53 Å². The maximum Gasteiger partial charge on any atom is 0.278 e. The fraction of sp³-hybridized carbons (Fsp3) is 0.100. The number of pyridine rings is 1. The molecule has 0 radical (unpaired) electrons. The fourth-order valence-corrected chi connectivity index (χ4v) is 1.51. The highest BCUT2D eigenvalue weighted by Crippen LogP contribution is 2.08. The zero-order chi connectivity index (χ0) is 11.0. The third-order valence-electron chi connectivity index (χ3n) is 2.26. The van der Waals surface area contributed by atoms with E-state index in [-0.39, 0.29) is 12.5 Å². The van der Waals surface area contributed by atoms with E-state index in [1.165, 1.54) is 0 Å². The second-order valence-electron chi connectivity index (χ2n) is 3.35. The third-order valence-corrected chi connectivity index (χ3v) is 2.26. The molecule has 6 nitrogen and oxygen atoms in total. The molecule has 1 N–H and O–H groups in total. The van der Waals surface area contributed by atoms with Crippen LogP contribution in [0.15, 0.2) is 35.8 Å². The van der Waals surface area contributed by atoms with E-state index < -0.39 is 0 Å². The standard InChI is InChI=1S/C10H8N4O2/c15-9-6-16-10(13-12-9)7-1-2-8-11-3-4-14(8)5-7/h1-5H,6H2,(H,12,15). The first-order valence-corrected chi connectivity index (χ1v) is 4.75. The summed E-state index contributed by atoms with van der Waals surface area (Å²) in [6, 6.07) is 3.70. The third kappa shape index (κ3) is 1.40. The number of amides is 1. The Kier molecular flexibility index (Phi) is 1.86. The Morgan fingerprint density at radius 3 is 3.19 bits per heavy atom. The Labute approximate surface area is 90.5 Å². The van der Waals surface area contributed by atoms with E-state index in [0.717, 1.165) is 11.2 Å². The van der Waals surface area contributed by atoms with Crippen molar-refractivity contribution in [3.8, 4) is 0 Å². The number of hydrogen-bond acceptors (Lipinski definition) is 4. The molecule has 80 valence electrons. The van der Waals surface area contributed by atoms with Crippen LogP contribution in [0.25, 0.3) is 5.65 Å². The molecule has 1 aliphatic heterocycles. The molecular formula is C10H8N4O2. The number of hydrazone groups is 1. The van der Waals surface area contributed by atoms with Gasteiger partial charge in [-0.25, -0.2) is 10.4 Å². The van der Waals surface area contributed by atoms with Crippen LogP contribution in [0, 0.1) is 0 Å². The van der Waals surface area contributed by atoms with Gasteiger partial charge in [-0.15, -0.1) is 5.10 Å². The highest BCUT2D eigenvalue weighted by molar-refractivity contribution is 5.97. The van der Waals surface area contributed by atoms with Gasteiger partial charge in [-0.3, -0.25) is 4.79 Å². The van der Waals surface area contributed by atoms with Gasteiger partial charge in [0.1, 0.15) is 5.65 Å². The smallest absolute Gasteiger partial charge is 0.278 e. The minimum atomic E-state index is -0.243. The quantitative estimate of drug-likeness (QED) is 0.737. The Bertz CT molecular complexity index is 587. The molecule has 0 saturated carbocycles. The number of fused-ring (bicyclic) bond motifs is 1. The van der Waals surface area contributed by atoms with Crippen molar-refractivity contribution in [3.63, 3.8) is 0 Å². The summed E-state index contributed by atoms with van der Waals surface area (Å²) < 4.78 is 7.06. The molecule has 0 aliphatic carbocycles. The van der Waals surface area contributed by atoms with Crippen molar-refractivity contribution in [3.05, 3.63) is 36.3 Å². The molecular weight excluding hydrogens is 208 g/mol. The molecule has 16 heavy (non-hydrogen) atoms. The lowest BCUT2D eigenvalue weighted by Crippen LogP contribution is -2.32. The minimum Gasteiger partial charge on any atom is -0.466 e. The van der Waals surface area contributed by atoms with Gasteiger partial charge in [0.15, 0.2) is 6.61 Å². The average Bonchev–Trinajstić information content (AvgIpc) is 2.77. The van der Waals surface area contributed by atoms with Crippen LogP contribution in [0.1, 0.15) is 5.56 Å². The second kappa shape index (κ2) is 3.34. The van der Waals surface area contributed by atoms with Gasteiger partial charge >= 0.3 is 0 Å². The van der Waals surface area contributed by atoms with E-state index in [4.69, 9.17) is 4.74 Å². The first-order chi connectivity index (χ1) is 7.83. The zero-order valence-corrected chi connectivity index (χ0v) is 8.25. The lowest BCUT2D eigenvalue weighted by atomic mass is 10.3. The second-order valence-corrected chi connectivity index (χ2v) is 3.35. The number of imidazole rings is 1. The number of hydrogen-bond donors (Lipinski definition) is 1. The van der Waals surface area contributed by atoms with Gasteiger partial charge in [-0.2, -0.15) is 0 Å². The maximum atomic E-state index is 10.9. The van der Waals surface area contributed by atoms with Gasteiger partial charge in [0.25, 0.3) is 5.91 Å². The van der Waals surface area contributed by atoms with Crippen LogP contribution in [0.4, 0.5) is 0 Å². The highest BCUT2D eigenvalue weighted by atomic mass is 16.5. The highest BCUT2D eigenvalue weighted by Gasteiger charge is 2.14. The Morgan fingerprint density at radius 1 is 1.44 bits per heavy atom. The van der Waals surface area contributed by atoms with Gasteiger partial charge in [-0.1, -0.05) is 0 Å². The fourth-order valence-electron chi connectivity index (χ4n) is 1.51. The topological polar surface area (TPSA) is 68.0 Å². The van der Waals surface area contributed by atoms with Crippen LogP contribution < -0.4 is 5.43 Å². The summed E-state index contributed by atoms with van der Waals surface area (Å²) in [5.74, 6) is 0.169. The SMILES string of the molecule is O=C1COC(c2ccc3nccn3c2)=NN1. The predicted octanol–water partition coefficient (Wildman–Crippen LogP) is 0.142. The normalized spacial score (nSPS) is 15.5. The van der Waals surface area contributed by atoms with Crippen LogP contribution in [0.3, 0.4) is 0 Å². The number of nitrogens with zero attached hydrogens (tertiary/aromatic N) is 3. The summed E-state index contributed by atoms with van der Waals surface area (Å²) in [7, 11) is 0. The lowest BCUT2D eigenvalue weighted by Gasteiger charge is -2.13. The molecule has 2 aromatic rings. The van der Waals surface area contributed by atoms with Crippen LogP contribution in [0.2, 0.25) is 0 Å². The molecule has 0 unspecified atom stereocenters. The number of carbonyl (C=O) groups is 1. The molecule has 6 heteroatoms. The van der Waals surface area contributed by atoms with E-state index in [0.29, 0.717) is 5.90 Å². The molecule has 3 rings (SSSR count). The minimum absolute atomic E-state index is 0.000793. The van der Waals surface area contributed by atoms with Crippen molar-refractivity contribution in [2.24, 2.45) is 5.10 Å². The first kappa shape index (κ1) is 8.90. The number of ether oxygens (including phenoxy) is 1. The van der Waals surface area contributed by atoms with E-state index in [2.05, 4.69) is 15.5 Å². The van der Waals surface area contributed by atoms with E-state index in [1.54, 1.807) is 6.20 Å². The first-order valence-electron chi connectivity index (χ1n) is 4.75. The summed E-state index contributed by atoms with van der Waals surface area (Å²) in [4.78, 5) is 15.0. The van der Waals surface area contributed by atoms with Crippen LogP contribution >= 0.6 is 0 Å². The van der Waals surface area contributed by atoms with E-state index >= 15 is 0 Å². The predicted molar refractivity (Wildman–Crippen MR) is 55.8 cm³/mol. The van der Waals surface area contributed by atoms with Crippen LogP contribution in [-0.4, -0.2) is 27.8 Å². The average molecular weight is 216 g/mol. The van der Waals surface area contributed by atoms with Crippen molar-refractivity contribution < 1.29 is 9.53 Å². The summed E-state index contributed by atoms with van der Waals surface area (Å²) in [6.07, 6.45) is 5.39. The number of rotatable bonds is 1. The summed E-state index contributed by atoms with van der Waals surface area (Å²) >= 11 is 0. The monoisotopic (exact) mass is 216 g/mol. The number of carbonyl (C=O) groups excluding carboxylic acids is 1. The van der Waals surface area contributed by atoms with Crippen molar-refractivity contribution in [2.75, 3.05) is 6.61 Å². The van der Waals surface area contributed by atoms with Crippen molar-refractivity contribution >= 4 is 17.5 Å². The summed E-state index contributed by atoms with van der Waals surface area (Å²) in [5.41, 5.74) is 4.02. The molecule has 0 saturated heterocycles. The van der Waals surface area contributed by atoms with E-state index in [9.17, 15) is 4.79 Å². The van der Waals surface area contributed by atoms with Crippen molar-refractivity contribution in [1.29, 1.82) is 0 Å². The molecule has 3 heterocycles. The Morgan fingerprint density at radius 2 is 2.38 bits per heavy atom.